The van der Waals surface area contributed by atoms with Crippen molar-refractivity contribution in [2.24, 2.45) is 0 Å². The molecule has 5 heteroatoms. The number of rotatable bonds is 6. The summed E-state index contributed by atoms with van der Waals surface area (Å²) in [5.41, 5.74) is -0.245. The maximum absolute atomic E-state index is 11.4. The third kappa shape index (κ3) is 6.06. The molecule has 0 bridgehead atoms. The predicted octanol–water partition coefficient (Wildman–Crippen LogP) is 0.354. The topological polar surface area (TPSA) is 78.4 Å². The molecule has 0 rings (SSSR count). The van der Waals surface area contributed by atoms with Crippen LogP contribution in [0, 0.1) is 0 Å². The molecule has 0 aromatic rings. The van der Waals surface area contributed by atoms with Gasteiger partial charge in [-0.2, -0.15) is 0 Å². The van der Waals surface area contributed by atoms with E-state index in [1.807, 2.05) is 20.8 Å². The monoisotopic (exact) mass is 216 g/mol. The first kappa shape index (κ1) is 13.9. The number of carbonyl (C=O) groups is 2. The Kier molecular flexibility index (Phi) is 5.28. The SMILES string of the molecule is CCC(C)(C)NC(=O)CNC(C)C(=O)O. The van der Waals surface area contributed by atoms with Crippen molar-refractivity contribution in [3.63, 3.8) is 0 Å². The number of nitrogens with one attached hydrogen (secondary N) is 2. The minimum Gasteiger partial charge on any atom is -0.480 e. The average Bonchev–Trinajstić information content (AvgIpc) is 2.13. The molecule has 1 amide bonds. The van der Waals surface area contributed by atoms with Crippen LogP contribution in [-0.4, -0.2) is 35.1 Å². The van der Waals surface area contributed by atoms with E-state index in [0.717, 1.165) is 6.42 Å². The van der Waals surface area contributed by atoms with Crippen molar-refractivity contribution in [2.75, 3.05) is 6.54 Å². The minimum absolute atomic E-state index is 0.0247. The van der Waals surface area contributed by atoms with E-state index in [0.29, 0.717) is 0 Å². The number of hydrogen-bond acceptors (Lipinski definition) is 3. The molecule has 0 heterocycles. The van der Waals surface area contributed by atoms with Gasteiger partial charge in [0, 0.05) is 5.54 Å². The van der Waals surface area contributed by atoms with Crippen LogP contribution in [0.5, 0.6) is 0 Å². The third-order valence-corrected chi connectivity index (χ3v) is 2.30. The van der Waals surface area contributed by atoms with Crippen LogP contribution in [0.3, 0.4) is 0 Å². The minimum atomic E-state index is -0.961. The Morgan fingerprint density at radius 1 is 1.40 bits per heavy atom. The van der Waals surface area contributed by atoms with Crippen molar-refractivity contribution in [1.82, 2.24) is 10.6 Å². The lowest BCUT2D eigenvalue weighted by atomic mass is 10.0. The van der Waals surface area contributed by atoms with Crippen LogP contribution < -0.4 is 10.6 Å². The largest absolute Gasteiger partial charge is 0.480 e. The molecule has 0 aliphatic heterocycles. The van der Waals surface area contributed by atoms with Crippen molar-refractivity contribution in [3.8, 4) is 0 Å². The summed E-state index contributed by atoms with van der Waals surface area (Å²) < 4.78 is 0. The molecular formula is C10H20N2O3. The fourth-order valence-electron chi connectivity index (χ4n) is 0.843. The zero-order valence-electron chi connectivity index (χ0n) is 9.76. The molecule has 5 nitrogen and oxygen atoms in total. The quantitative estimate of drug-likeness (QED) is 0.599. The highest BCUT2D eigenvalue weighted by Crippen LogP contribution is 2.05. The van der Waals surface area contributed by atoms with Crippen molar-refractivity contribution in [1.29, 1.82) is 0 Å². The van der Waals surface area contributed by atoms with Gasteiger partial charge in [0.25, 0.3) is 0 Å². The summed E-state index contributed by atoms with van der Waals surface area (Å²) in [4.78, 5) is 21.8. The molecule has 0 aromatic heterocycles. The lowest BCUT2D eigenvalue weighted by molar-refractivity contribution is -0.139. The van der Waals surface area contributed by atoms with Crippen LogP contribution in [-0.2, 0) is 9.59 Å². The van der Waals surface area contributed by atoms with Crippen molar-refractivity contribution in [2.45, 2.75) is 45.7 Å². The fourth-order valence-corrected chi connectivity index (χ4v) is 0.843. The second-order valence-electron chi connectivity index (χ2n) is 4.23. The summed E-state index contributed by atoms with van der Waals surface area (Å²) in [5, 5.41) is 14.0. The fraction of sp³-hybridized carbons (Fsp3) is 0.800. The standard InChI is InChI=1S/C10H20N2O3/c1-5-10(3,4)12-8(13)6-11-7(2)9(14)15/h7,11H,5-6H2,1-4H3,(H,12,13)(H,14,15). The molecule has 0 aliphatic rings. The van der Waals surface area contributed by atoms with Gasteiger partial charge in [-0.15, -0.1) is 0 Å². The normalized spacial score (nSPS) is 13.3. The maximum Gasteiger partial charge on any atom is 0.320 e. The first-order valence-corrected chi connectivity index (χ1v) is 5.05. The van der Waals surface area contributed by atoms with Crippen LogP contribution >= 0.6 is 0 Å². The maximum atomic E-state index is 11.4. The second-order valence-corrected chi connectivity index (χ2v) is 4.23. The Morgan fingerprint density at radius 2 is 1.93 bits per heavy atom. The van der Waals surface area contributed by atoms with Gasteiger partial charge >= 0.3 is 5.97 Å². The number of amides is 1. The van der Waals surface area contributed by atoms with E-state index in [1.54, 1.807) is 0 Å². The Bertz CT molecular complexity index is 239. The summed E-state index contributed by atoms with van der Waals surface area (Å²) in [7, 11) is 0. The molecule has 88 valence electrons. The Balaban J connectivity index is 3.91. The Labute approximate surface area is 90.2 Å². The van der Waals surface area contributed by atoms with Crippen LogP contribution in [0.1, 0.15) is 34.1 Å². The van der Waals surface area contributed by atoms with Gasteiger partial charge in [0.05, 0.1) is 6.54 Å². The Morgan fingerprint density at radius 3 is 2.33 bits per heavy atom. The molecule has 0 saturated heterocycles. The van der Waals surface area contributed by atoms with Gasteiger partial charge in [-0.3, -0.25) is 14.9 Å². The van der Waals surface area contributed by atoms with Crippen molar-refractivity contribution in [3.05, 3.63) is 0 Å². The van der Waals surface area contributed by atoms with E-state index in [1.165, 1.54) is 6.92 Å². The first-order chi connectivity index (χ1) is 6.78. The number of aliphatic carboxylic acids is 1. The first-order valence-electron chi connectivity index (χ1n) is 5.05. The van der Waals surface area contributed by atoms with Gasteiger partial charge in [0.1, 0.15) is 6.04 Å². The molecule has 0 spiro atoms. The summed E-state index contributed by atoms with van der Waals surface area (Å²) in [5.74, 6) is -1.15. The molecule has 1 unspecified atom stereocenters. The lowest BCUT2D eigenvalue weighted by Gasteiger charge is -2.24. The number of hydrogen-bond donors (Lipinski definition) is 3. The zero-order chi connectivity index (χ0) is 12.1. The average molecular weight is 216 g/mol. The molecule has 0 radical (unpaired) electrons. The number of carbonyl (C=O) groups excluding carboxylic acids is 1. The number of carboxylic acid groups (broad SMARTS) is 1. The van der Waals surface area contributed by atoms with Gasteiger partial charge in [-0.1, -0.05) is 6.92 Å². The molecule has 0 fully saturated rings. The zero-order valence-corrected chi connectivity index (χ0v) is 9.76. The highest BCUT2D eigenvalue weighted by molar-refractivity contribution is 5.80. The summed E-state index contributed by atoms with van der Waals surface area (Å²) in [6, 6.07) is -0.708. The molecule has 0 aromatic carbocycles. The van der Waals surface area contributed by atoms with Crippen molar-refractivity contribution >= 4 is 11.9 Å². The van der Waals surface area contributed by atoms with Gasteiger partial charge in [-0.25, -0.2) is 0 Å². The smallest absolute Gasteiger partial charge is 0.320 e. The molecule has 1 atom stereocenters. The predicted molar refractivity (Wildman–Crippen MR) is 57.6 cm³/mol. The van der Waals surface area contributed by atoms with Gasteiger partial charge in [-0.05, 0) is 27.2 Å². The van der Waals surface area contributed by atoms with Crippen LogP contribution in [0.2, 0.25) is 0 Å². The lowest BCUT2D eigenvalue weighted by Crippen LogP contribution is -2.48. The van der Waals surface area contributed by atoms with Crippen molar-refractivity contribution < 1.29 is 14.7 Å². The molecular weight excluding hydrogens is 196 g/mol. The summed E-state index contributed by atoms with van der Waals surface area (Å²) >= 11 is 0. The highest BCUT2D eigenvalue weighted by Gasteiger charge is 2.18. The van der Waals surface area contributed by atoms with Gasteiger partial charge in [0.2, 0.25) is 5.91 Å². The van der Waals surface area contributed by atoms with E-state index in [2.05, 4.69) is 10.6 Å². The summed E-state index contributed by atoms with van der Waals surface area (Å²) in [6.07, 6.45) is 0.827. The van der Waals surface area contributed by atoms with E-state index in [4.69, 9.17) is 5.11 Å². The van der Waals surface area contributed by atoms with Crippen LogP contribution in [0.4, 0.5) is 0 Å². The Hall–Kier alpha value is -1.10. The van der Waals surface area contributed by atoms with Gasteiger partial charge < -0.3 is 10.4 Å². The van der Waals surface area contributed by atoms with E-state index in [9.17, 15) is 9.59 Å². The van der Waals surface area contributed by atoms with Crippen LogP contribution in [0.15, 0.2) is 0 Å². The molecule has 3 N–H and O–H groups in total. The summed E-state index contributed by atoms with van der Waals surface area (Å²) in [6.45, 7) is 7.35. The van der Waals surface area contributed by atoms with Crippen LogP contribution in [0.25, 0.3) is 0 Å². The highest BCUT2D eigenvalue weighted by atomic mass is 16.4. The van der Waals surface area contributed by atoms with E-state index >= 15 is 0 Å². The third-order valence-electron chi connectivity index (χ3n) is 2.30. The van der Waals surface area contributed by atoms with E-state index in [-0.39, 0.29) is 18.0 Å². The molecule has 15 heavy (non-hydrogen) atoms. The van der Waals surface area contributed by atoms with Gasteiger partial charge in [0.15, 0.2) is 0 Å². The van der Waals surface area contributed by atoms with E-state index < -0.39 is 12.0 Å². The molecule has 0 aliphatic carbocycles. The second kappa shape index (κ2) is 5.70. The number of carboxylic acids is 1. The molecule has 0 saturated carbocycles.